The van der Waals surface area contributed by atoms with E-state index in [1.165, 1.54) is 12.3 Å². The summed E-state index contributed by atoms with van der Waals surface area (Å²) in [4.78, 5) is 29.5. The van der Waals surface area contributed by atoms with Gasteiger partial charge in [-0.15, -0.1) is 0 Å². The maximum Gasteiger partial charge on any atom is 0.253 e. The molecule has 1 aromatic heterocycles. The first-order chi connectivity index (χ1) is 17.6. The van der Waals surface area contributed by atoms with Crippen LogP contribution in [-0.2, 0) is 17.8 Å². The van der Waals surface area contributed by atoms with Crippen molar-refractivity contribution in [1.29, 1.82) is 0 Å². The first-order valence-electron chi connectivity index (χ1n) is 11.3. The van der Waals surface area contributed by atoms with Gasteiger partial charge in [0.05, 0.1) is 23.0 Å². The monoisotopic (exact) mass is 487 g/mol. The highest BCUT2D eigenvalue weighted by Gasteiger charge is 2.17. The van der Waals surface area contributed by atoms with Crippen molar-refractivity contribution in [3.63, 3.8) is 0 Å². The number of hydrogen-bond donors (Lipinski definition) is 2. The Morgan fingerprint density at radius 1 is 0.972 bits per heavy atom. The smallest absolute Gasteiger partial charge is 0.253 e. The maximum absolute atomic E-state index is 14.0. The lowest BCUT2D eigenvalue weighted by molar-refractivity contribution is -0.116. The average molecular weight is 487 g/mol. The van der Waals surface area contributed by atoms with Gasteiger partial charge in [0.2, 0.25) is 12.7 Å². The number of anilines is 1. The predicted octanol–water partition coefficient (Wildman–Crippen LogP) is 4.71. The number of fused-ring (bicyclic) bond motifs is 1. The second kappa shape index (κ2) is 10.3. The zero-order valence-corrected chi connectivity index (χ0v) is 19.1. The molecule has 9 heteroatoms. The molecule has 36 heavy (non-hydrogen) atoms. The number of carbonyl (C=O) groups is 2. The van der Waals surface area contributed by atoms with Crippen LogP contribution < -0.4 is 20.1 Å². The van der Waals surface area contributed by atoms with Crippen molar-refractivity contribution in [2.45, 2.75) is 19.4 Å². The average Bonchev–Trinajstić information content (AvgIpc) is 3.56. The number of para-hydroxylation sites is 1. The van der Waals surface area contributed by atoms with Gasteiger partial charge in [-0.25, -0.2) is 9.37 Å². The van der Waals surface area contributed by atoms with Crippen molar-refractivity contribution in [2.75, 3.05) is 12.1 Å². The van der Waals surface area contributed by atoms with E-state index < -0.39 is 5.82 Å². The number of nitrogens with one attached hydrogen (secondary N) is 2. The van der Waals surface area contributed by atoms with Crippen molar-refractivity contribution >= 4 is 17.5 Å². The molecule has 0 fully saturated rings. The Morgan fingerprint density at radius 3 is 2.67 bits per heavy atom. The number of benzene rings is 3. The third kappa shape index (κ3) is 5.20. The highest BCUT2D eigenvalue weighted by Crippen LogP contribution is 2.32. The van der Waals surface area contributed by atoms with Gasteiger partial charge in [0.25, 0.3) is 5.91 Å². The van der Waals surface area contributed by atoms with E-state index in [0.29, 0.717) is 40.0 Å². The van der Waals surface area contributed by atoms with Gasteiger partial charge in [0, 0.05) is 19.4 Å². The molecule has 0 saturated carbocycles. The van der Waals surface area contributed by atoms with Crippen LogP contribution in [0.2, 0.25) is 0 Å². The van der Waals surface area contributed by atoms with Gasteiger partial charge in [0.15, 0.2) is 23.1 Å². The molecule has 0 unspecified atom stereocenters. The van der Waals surface area contributed by atoms with Crippen LogP contribution in [-0.4, -0.2) is 23.6 Å². The number of halogens is 1. The first-order valence-corrected chi connectivity index (χ1v) is 11.3. The molecular weight excluding hydrogens is 465 g/mol. The fraction of sp³-hybridized carbons (Fsp3) is 0.148. The largest absolute Gasteiger partial charge is 0.454 e. The second-order valence-electron chi connectivity index (χ2n) is 8.06. The zero-order valence-electron chi connectivity index (χ0n) is 19.1. The first kappa shape index (κ1) is 23.1. The number of ether oxygens (including phenoxy) is 2. The number of rotatable bonds is 8. The minimum Gasteiger partial charge on any atom is -0.454 e. The molecule has 0 spiro atoms. The SMILES string of the molecule is O=C(CCc1ncc(-c2ccccc2F)o1)Nc1ccccc1C(=O)NCc1ccc2c(c1)OCO2. The topological polar surface area (TPSA) is 103 Å². The summed E-state index contributed by atoms with van der Waals surface area (Å²) < 4.78 is 30.2. The third-order valence-corrected chi connectivity index (χ3v) is 5.59. The number of nitrogens with zero attached hydrogens (tertiary/aromatic N) is 1. The van der Waals surface area contributed by atoms with Crippen molar-refractivity contribution in [3.05, 3.63) is 95.8 Å². The van der Waals surface area contributed by atoms with E-state index in [9.17, 15) is 14.0 Å². The number of oxazole rings is 1. The second-order valence-corrected chi connectivity index (χ2v) is 8.06. The number of hydrogen-bond acceptors (Lipinski definition) is 6. The van der Waals surface area contributed by atoms with Crippen LogP contribution in [0.5, 0.6) is 11.5 Å². The minimum absolute atomic E-state index is 0.0738. The third-order valence-electron chi connectivity index (χ3n) is 5.59. The van der Waals surface area contributed by atoms with Gasteiger partial charge in [-0.05, 0) is 42.0 Å². The van der Waals surface area contributed by atoms with Crippen LogP contribution >= 0.6 is 0 Å². The van der Waals surface area contributed by atoms with Crippen molar-refractivity contribution in [2.24, 2.45) is 0 Å². The molecule has 2 heterocycles. The zero-order chi connectivity index (χ0) is 24.9. The lowest BCUT2D eigenvalue weighted by Crippen LogP contribution is -2.25. The summed E-state index contributed by atoms with van der Waals surface area (Å²) in [5, 5.41) is 5.63. The van der Waals surface area contributed by atoms with Crippen molar-refractivity contribution in [1.82, 2.24) is 10.3 Å². The molecule has 2 amide bonds. The Labute approximate surface area is 206 Å². The van der Waals surface area contributed by atoms with Gasteiger partial charge in [-0.1, -0.05) is 30.3 Å². The molecule has 0 aliphatic carbocycles. The number of aryl methyl sites for hydroxylation is 1. The fourth-order valence-corrected chi connectivity index (χ4v) is 3.76. The molecule has 1 aliphatic heterocycles. The van der Waals surface area contributed by atoms with E-state index in [0.717, 1.165) is 5.56 Å². The lowest BCUT2D eigenvalue weighted by Gasteiger charge is -2.11. The summed E-state index contributed by atoms with van der Waals surface area (Å²) in [6.45, 7) is 0.465. The summed E-state index contributed by atoms with van der Waals surface area (Å²) in [5.41, 5.74) is 1.89. The molecular formula is C27H22FN3O5. The predicted molar refractivity (Wildman–Crippen MR) is 129 cm³/mol. The Balaban J connectivity index is 1.17. The standard InChI is InChI=1S/C27H22FN3O5/c28-20-7-3-1-5-18(20)24-15-29-26(36-24)12-11-25(32)31-21-8-4-2-6-19(21)27(33)30-14-17-9-10-22-23(13-17)35-16-34-22/h1-10,13,15H,11-12,14,16H2,(H,30,33)(H,31,32). The van der Waals surface area contributed by atoms with Crippen molar-refractivity contribution < 1.29 is 27.9 Å². The molecule has 0 bridgehead atoms. The maximum atomic E-state index is 14.0. The van der Waals surface area contributed by atoms with Crippen LogP contribution in [0.1, 0.15) is 28.2 Å². The van der Waals surface area contributed by atoms with E-state index in [-0.39, 0.29) is 38.0 Å². The van der Waals surface area contributed by atoms with Crippen LogP contribution in [0, 0.1) is 5.82 Å². The molecule has 5 rings (SSSR count). The Bertz CT molecular complexity index is 1420. The van der Waals surface area contributed by atoms with Crippen LogP contribution in [0.15, 0.2) is 77.3 Å². The molecule has 0 atom stereocenters. The summed E-state index contributed by atoms with van der Waals surface area (Å²) >= 11 is 0. The highest BCUT2D eigenvalue weighted by atomic mass is 19.1. The van der Waals surface area contributed by atoms with Gasteiger partial charge >= 0.3 is 0 Å². The summed E-state index contributed by atoms with van der Waals surface area (Å²) in [5.74, 6) is 0.882. The number of carbonyl (C=O) groups excluding carboxylic acids is 2. The molecule has 1 aliphatic rings. The normalized spacial score (nSPS) is 11.8. The molecule has 0 saturated heterocycles. The van der Waals surface area contributed by atoms with Gasteiger partial charge in [-0.3, -0.25) is 9.59 Å². The van der Waals surface area contributed by atoms with E-state index in [4.69, 9.17) is 13.9 Å². The van der Waals surface area contributed by atoms with E-state index in [1.807, 2.05) is 12.1 Å². The van der Waals surface area contributed by atoms with E-state index in [1.54, 1.807) is 48.5 Å². The Kier molecular flexibility index (Phi) is 6.61. The molecule has 0 radical (unpaired) electrons. The molecule has 182 valence electrons. The van der Waals surface area contributed by atoms with E-state index in [2.05, 4.69) is 15.6 Å². The van der Waals surface area contributed by atoms with E-state index >= 15 is 0 Å². The van der Waals surface area contributed by atoms with Crippen LogP contribution in [0.4, 0.5) is 10.1 Å². The summed E-state index contributed by atoms with van der Waals surface area (Å²) in [6.07, 6.45) is 1.73. The Morgan fingerprint density at radius 2 is 1.78 bits per heavy atom. The van der Waals surface area contributed by atoms with Gasteiger partial charge in [0.1, 0.15) is 5.82 Å². The minimum atomic E-state index is -0.411. The fourth-order valence-electron chi connectivity index (χ4n) is 3.76. The van der Waals surface area contributed by atoms with Crippen LogP contribution in [0.3, 0.4) is 0 Å². The molecule has 4 aromatic rings. The van der Waals surface area contributed by atoms with Crippen molar-refractivity contribution in [3.8, 4) is 22.8 Å². The highest BCUT2D eigenvalue weighted by molar-refractivity contribution is 6.03. The summed E-state index contributed by atoms with van der Waals surface area (Å²) in [7, 11) is 0. The number of amides is 2. The van der Waals surface area contributed by atoms with Gasteiger partial charge in [-0.2, -0.15) is 0 Å². The Hall–Kier alpha value is -4.66. The van der Waals surface area contributed by atoms with Gasteiger partial charge < -0.3 is 24.5 Å². The van der Waals surface area contributed by atoms with Crippen LogP contribution in [0.25, 0.3) is 11.3 Å². The lowest BCUT2D eigenvalue weighted by atomic mass is 10.1. The molecule has 2 N–H and O–H groups in total. The molecule has 8 nitrogen and oxygen atoms in total. The quantitative estimate of drug-likeness (QED) is 0.373. The number of aromatic nitrogens is 1. The molecule has 3 aromatic carbocycles. The summed E-state index contributed by atoms with van der Waals surface area (Å²) in [6, 6.07) is 18.5.